The van der Waals surface area contributed by atoms with Crippen LogP contribution in [-0.4, -0.2) is 70.9 Å². The number of carbonyl (C=O) groups is 3. The van der Waals surface area contributed by atoms with Crippen molar-refractivity contribution in [2.75, 3.05) is 0 Å². The fraction of sp³-hybridized carbons (Fsp3) is 0.571. The molecular formula is C28H41N3O8. The summed E-state index contributed by atoms with van der Waals surface area (Å²) < 4.78 is 6.02. The molecule has 0 amide bonds. The zero-order valence-electron chi connectivity index (χ0n) is 23.3. The van der Waals surface area contributed by atoms with Crippen molar-refractivity contribution in [3.8, 4) is 0 Å². The third-order valence-corrected chi connectivity index (χ3v) is 6.49. The summed E-state index contributed by atoms with van der Waals surface area (Å²) in [7, 11) is 0. The summed E-state index contributed by atoms with van der Waals surface area (Å²) in [5.74, 6) is -2.91. The van der Waals surface area contributed by atoms with Crippen LogP contribution in [0.4, 0.5) is 0 Å². The lowest BCUT2D eigenvalue weighted by atomic mass is 9.79. The number of aryl methyl sites for hydroxylation is 1. The fourth-order valence-electron chi connectivity index (χ4n) is 5.15. The van der Waals surface area contributed by atoms with Gasteiger partial charge in [0.2, 0.25) is 0 Å². The topological polar surface area (TPSA) is 173 Å². The molecule has 2 aromatic rings. The first-order valence-electron chi connectivity index (χ1n) is 12.9. The number of furan rings is 1. The SMILES string of the molecule is CCc1ccc(CN(Cc2ccccn2)C2CC(C)(C)NC(C)(C)C2)o1.O=C(O)CC(O)(CC(=O)O)C(=O)O. The highest BCUT2D eigenvalue weighted by Gasteiger charge is 2.41. The minimum Gasteiger partial charge on any atom is -0.481 e. The molecule has 39 heavy (non-hydrogen) atoms. The van der Waals surface area contributed by atoms with Gasteiger partial charge in [0.1, 0.15) is 11.5 Å². The summed E-state index contributed by atoms with van der Waals surface area (Å²) in [6.07, 6.45) is 2.76. The Labute approximate surface area is 228 Å². The van der Waals surface area contributed by atoms with Gasteiger partial charge in [0.15, 0.2) is 5.60 Å². The molecule has 0 aliphatic carbocycles. The zero-order chi connectivity index (χ0) is 29.4. The average Bonchev–Trinajstić information content (AvgIpc) is 3.24. The maximum absolute atomic E-state index is 10.3. The third-order valence-electron chi connectivity index (χ3n) is 6.49. The minimum atomic E-state index is -2.74. The number of hydrogen-bond acceptors (Lipinski definition) is 8. The normalized spacial score (nSPS) is 16.8. The number of carboxylic acids is 3. The monoisotopic (exact) mass is 547 g/mol. The van der Waals surface area contributed by atoms with Gasteiger partial charge in [0.25, 0.3) is 0 Å². The molecule has 2 aromatic heterocycles. The number of aromatic nitrogens is 1. The van der Waals surface area contributed by atoms with E-state index in [1.165, 1.54) is 0 Å². The van der Waals surface area contributed by atoms with E-state index in [4.69, 9.17) is 24.8 Å². The summed E-state index contributed by atoms with van der Waals surface area (Å²) in [6, 6.07) is 10.9. The number of hydrogen-bond donors (Lipinski definition) is 5. The first-order chi connectivity index (χ1) is 18.0. The fourth-order valence-corrected chi connectivity index (χ4v) is 5.15. The molecule has 1 aliphatic rings. The number of rotatable bonds is 11. The first kappa shape index (κ1) is 31.9. The van der Waals surface area contributed by atoms with Gasteiger partial charge >= 0.3 is 17.9 Å². The van der Waals surface area contributed by atoms with Crippen molar-refractivity contribution in [3.05, 3.63) is 53.7 Å². The molecule has 0 unspecified atom stereocenters. The van der Waals surface area contributed by atoms with Crippen LogP contribution in [0.1, 0.15) is 77.5 Å². The van der Waals surface area contributed by atoms with Crippen molar-refractivity contribution in [1.82, 2.24) is 15.2 Å². The van der Waals surface area contributed by atoms with E-state index in [0.29, 0.717) is 6.04 Å². The predicted octanol–water partition coefficient (Wildman–Crippen LogP) is 3.30. The summed E-state index contributed by atoms with van der Waals surface area (Å²) in [5, 5.41) is 37.6. The molecule has 1 fully saturated rings. The second-order valence-electron chi connectivity index (χ2n) is 11.4. The Morgan fingerprint density at radius 1 is 0.974 bits per heavy atom. The van der Waals surface area contributed by atoms with Crippen LogP contribution in [0.15, 0.2) is 40.9 Å². The summed E-state index contributed by atoms with van der Waals surface area (Å²) in [4.78, 5) is 37.6. The van der Waals surface area contributed by atoms with Crippen LogP contribution >= 0.6 is 0 Å². The van der Waals surface area contributed by atoms with Crippen LogP contribution in [0.3, 0.4) is 0 Å². The van der Waals surface area contributed by atoms with E-state index in [2.05, 4.69) is 74.1 Å². The Bertz CT molecular complexity index is 1080. The van der Waals surface area contributed by atoms with Crippen molar-refractivity contribution in [2.24, 2.45) is 0 Å². The largest absolute Gasteiger partial charge is 0.481 e. The Morgan fingerprint density at radius 3 is 1.97 bits per heavy atom. The van der Waals surface area contributed by atoms with E-state index in [1.807, 2.05) is 12.3 Å². The third kappa shape index (κ3) is 10.4. The molecule has 3 heterocycles. The maximum Gasteiger partial charge on any atom is 0.336 e. The second-order valence-corrected chi connectivity index (χ2v) is 11.4. The minimum absolute atomic E-state index is 0.118. The second kappa shape index (κ2) is 13.2. The molecule has 3 rings (SSSR count). The van der Waals surface area contributed by atoms with Gasteiger partial charge < -0.3 is 30.2 Å². The molecule has 1 saturated heterocycles. The predicted molar refractivity (Wildman–Crippen MR) is 143 cm³/mol. The molecule has 0 atom stereocenters. The molecule has 0 spiro atoms. The highest BCUT2D eigenvalue weighted by atomic mass is 16.4. The van der Waals surface area contributed by atoms with Gasteiger partial charge in [-0.2, -0.15) is 0 Å². The van der Waals surface area contributed by atoms with Crippen LogP contribution in [-0.2, 0) is 33.9 Å². The molecule has 0 radical (unpaired) electrons. The molecule has 0 aromatic carbocycles. The standard InChI is InChI=1S/C22H33N3O.C6H8O7/c1-6-19-10-11-20(26-19)16-25(15-17-9-7-8-12-23-17)18-13-21(2,3)24-22(4,5)14-18;7-3(8)1-6(13,5(11)12)2-4(9)10/h7-12,18,24H,6,13-16H2,1-5H3;13H,1-2H2,(H,7,8)(H,9,10)(H,11,12). The number of pyridine rings is 1. The van der Waals surface area contributed by atoms with Crippen LogP contribution in [0.25, 0.3) is 0 Å². The van der Waals surface area contributed by atoms with E-state index in [1.54, 1.807) is 0 Å². The number of piperidine rings is 1. The number of nitrogens with zero attached hydrogens (tertiary/aromatic N) is 2. The zero-order valence-corrected chi connectivity index (χ0v) is 23.3. The summed E-state index contributed by atoms with van der Waals surface area (Å²) >= 11 is 0. The van der Waals surface area contributed by atoms with Crippen LogP contribution in [0.2, 0.25) is 0 Å². The molecule has 216 valence electrons. The van der Waals surface area contributed by atoms with E-state index in [0.717, 1.165) is 49.6 Å². The van der Waals surface area contributed by atoms with E-state index in [9.17, 15) is 14.4 Å². The van der Waals surface area contributed by atoms with Crippen molar-refractivity contribution in [2.45, 2.75) is 103 Å². The van der Waals surface area contributed by atoms with Gasteiger partial charge in [-0.05, 0) is 64.8 Å². The number of nitrogens with one attached hydrogen (secondary N) is 1. The highest BCUT2D eigenvalue weighted by molar-refractivity contribution is 5.88. The van der Waals surface area contributed by atoms with Crippen LogP contribution in [0.5, 0.6) is 0 Å². The van der Waals surface area contributed by atoms with Crippen molar-refractivity contribution >= 4 is 17.9 Å². The molecule has 11 nitrogen and oxygen atoms in total. The Kier molecular flexibility index (Phi) is 10.8. The molecule has 0 bridgehead atoms. The van der Waals surface area contributed by atoms with Gasteiger partial charge in [0, 0.05) is 36.3 Å². The van der Waals surface area contributed by atoms with Gasteiger partial charge in [-0.3, -0.25) is 19.5 Å². The first-order valence-corrected chi connectivity index (χ1v) is 12.9. The lowest BCUT2D eigenvalue weighted by molar-refractivity contribution is -0.170. The summed E-state index contributed by atoms with van der Waals surface area (Å²) in [6.45, 7) is 13.0. The van der Waals surface area contributed by atoms with Crippen molar-refractivity contribution in [3.63, 3.8) is 0 Å². The molecular weight excluding hydrogens is 506 g/mol. The Balaban J connectivity index is 0.000000349. The average molecular weight is 548 g/mol. The lowest BCUT2D eigenvalue weighted by Gasteiger charge is -2.49. The molecule has 5 N–H and O–H groups in total. The number of aliphatic hydroxyl groups is 1. The molecule has 11 heteroatoms. The van der Waals surface area contributed by atoms with Gasteiger partial charge in [-0.15, -0.1) is 0 Å². The van der Waals surface area contributed by atoms with Crippen molar-refractivity contribution < 1.29 is 39.2 Å². The van der Waals surface area contributed by atoms with Gasteiger partial charge in [-0.1, -0.05) is 13.0 Å². The van der Waals surface area contributed by atoms with Crippen LogP contribution in [0, 0.1) is 0 Å². The van der Waals surface area contributed by atoms with Gasteiger partial charge in [0.05, 0.1) is 25.1 Å². The lowest BCUT2D eigenvalue weighted by Crippen LogP contribution is -2.62. The quantitative estimate of drug-likeness (QED) is 0.279. The van der Waals surface area contributed by atoms with E-state index in [-0.39, 0.29) is 11.1 Å². The Morgan fingerprint density at radius 2 is 1.54 bits per heavy atom. The smallest absolute Gasteiger partial charge is 0.336 e. The molecule has 0 saturated carbocycles. The maximum atomic E-state index is 10.3. The molecule has 1 aliphatic heterocycles. The summed E-state index contributed by atoms with van der Waals surface area (Å²) in [5.41, 5.74) is -1.39. The van der Waals surface area contributed by atoms with E-state index >= 15 is 0 Å². The number of carboxylic acid groups (broad SMARTS) is 3. The van der Waals surface area contributed by atoms with Crippen LogP contribution < -0.4 is 5.32 Å². The van der Waals surface area contributed by atoms with E-state index < -0.39 is 36.4 Å². The Hall–Kier alpha value is -3.28. The van der Waals surface area contributed by atoms with Gasteiger partial charge in [-0.25, -0.2) is 4.79 Å². The number of aliphatic carboxylic acids is 3. The highest BCUT2D eigenvalue weighted by Crippen LogP contribution is 2.33. The van der Waals surface area contributed by atoms with Crippen molar-refractivity contribution in [1.29, 1.82) is 0 Å².